The fraction of sp³-hybridized carbons (Fsp3) is 0.500. The van der Waals surface area contributed by atoms with Gasteiger partial charge in [0.15, 0.2) is 5.41 Å². The first-order chi connectivity index (χ1) is 9.42. The Bertz CT molecular complexity index is 467. The zero-order valence-electron chi connectivity index (χ0n) is 11.2. The van der Waals surface area contributed by atoms with Gasteiger partial charge in [-0.3, -0.25) is 4.79 Å². The minimum absolute atomic E-state index is 0.206. The highest BCUT2D eigenvalue weighted by Crippen LogP contribution is 2.44. The van der Waals surface area contributed by atoms with Crippen molar-refractivity contribution in [3.05, 3.63) is 30.3 Å². The number of nitrogens with zero attached hydrogens (tertiary/aromatic N) is 1. The molecule has 0 saturated carbocycles. The quantitative estimate of drug-likeness (QED) is 0.926. The normalized spacial score (nSPS) is 22.8. The van der Waals surface area contributed by atoms with E-state index in [0.29, 0.717) is 5.69 Å². The van der Waals surface area contributed by atoms with Crippen molar-refractivity contribution >= 4 is 11.6 Å². The number of halogens is 3. The van der Waals surface area contributed by atoms with Crippen LogP contribution in [0, 0.1) is 5.41 Å². The molecule has 20 heavy (non-hydrogen) atoms. The van der Waals surface area contributed by atoms with Crippen molar-refractivity contribution in [2.45, 2.75) is 19.5 Å². The number of hydrogen-bond acceptors (Lipinski definition) is 2. The van der Waals surface area contributed by atoms with Gasteiger partial charge in [0.05, 0.1) is 0 Å². The molecule has 1 aromatic carbocycles. The van der Waals surface area contributed by atoms with Gasteiger partial charge < -0.3 is 10.2 Å². The average molecular weight is 286 g/mol. The van der Waals surface area contributed by atoms with E-state index in [1.165, 1.54) is 4.90 Å². The van der Waals surface area contributed by atoms with E-state index in [2.05, 4.69) is 5.32 Å². The molecule has 0 spiro atoms. The summed E-state index contributed by atoms with van der Waals surface area (Å²) in [6.45, 7) is 1.74. The van der Waals surface area contributed by atoms with Crippen LogP contribution in [0.5, 0.6) is 0 Å². The standard InChI is InChI=1S/C14H17F3N2O/c1-2-19(11-6-4-3-5-7-11)12(20)13(14(15,16)17)8-9-18-10-13/h3-7,18H,2,8-10H2,1H3. The van der Waals surface area contributed by atoms with Gasteiger partial charge in [-0.25, -0.2) is 0 Å². The lowest BCUT2D eigenvalue weighted by Crippen LogP contribution is -2.53. The molecule has 1 atom stereocenters. The number of carbonyl (C=O) groups is 1. The molecular formula is C14H17F3N2O. The van der Waals surface area contributed by atoms with Crippen molar-refractivity contribution < 1.29 is 18.0 Å². The van der Waals surface area contributed by atoms with Crippen LogP contribution in [0.25, 0.3) is 0 Å². The van der Waals surface area contributed by atoms with E-state index in [1.54, 1.807) is 37.3 Å². The molecule has 1 unspecified atom stereocenters. The second kappa shape index (κ2) is 5.44. The summed E-state index contributed by atoms with van der Waals surface area (Å²) in [4.78, 5) is 13.7. The first-order valence-corrected chi connectivity index (χ1v) is 6.57. The van der Waals surface area contributed by atoms with Crippen LogP contribution in [0.3, 0.4) is 0 Å². The number of alkyl halides is 3. The number of hydrogen-bond donors (Lipinski definition) is 1. The average Bonchev–Trinajstić information content (AvgIpc) is 2.91. The maximum atomic E-state index is 13.4. The van der Waals surface area contributed by atoms with Gasteiger partial charge in [-0.05, 0) is 32.0 Å². The number of rotatable bonds is 3. The number of amides is 1. The molecule has 1 fully saturated rings. The molecule has 0 bridgehead atoms. The van der Waals surface area contributed by atoms with Crippen LogP contribution in [0.15, 0.2) is 30.3 Å². The number of anilines is 1. The molecule has 0 radical (unpaired) electrons. The second-order valence-corrected chi connectivity index (χ2v) is 4.89. The predicted octanol–water partition coefficient (Wildman–Crippen LogP) is 2.58. The number of carbonyl (C=O) groups excluding carboxylic acids is 1. The summed E-state index contributed by atoms with van der Waals surface area (Å²) in [6, 6.07) is 8.47. The van der Waals surface area contributed by atoms with Crippen molar-refractivity contribution in [2.75, 3.05) is 24.5 Å². The predicted molar refractivity (Wildman–Crippen MR) is 70.4 cm³/mol. The summed E-state index contributed by atoms with van der Waals surface area (Å²) < 4.78 is 40.2. The third-order valence-electron chi connectivity index (χ3n) is 3.74. The van der Waals surface area contributed by atoms with E-state index < -0.39 is 17.5 Å². The topological polar surface area (TPSA) is 32.3 Å². The van der Waals surface area contributed by atoms with Crippen molar-refractivity contribution in [1.29, 1.82) is 0 Å². The Morgan fingerprint density at radius 2 is 2.00 bits per heavy atom. The van der Waals surface area contributed by atoms with Crippen molar-refractivity contribution in [3.63, 3.8) is 0 Å². The van der Waals surface area contributed by atoms with Crippen LogP contribution in [0.1, 0.15) is 13.3 Å². The molecule has 1 aromatic rings. The smallest absolute Gasteiger partial charge is 0.315 e. The monoisotopic (exact) mass is 286 g/mol. The van der Waals surface area contributed by atoms with Crippen LogP contribution in [-0.4, -0.2) is 31.7 Å². The summed E-state index contributed by atoms with van der Waals surface area (Å²) in [5.74, 6) is -0.872. The zero-order valence-corrected chi connectivity index (χ0v) is 11.2. The van der Waals surface area contributed by atoms with E-state index in [9.17, 15) is 18.0 Å². The minimum atomic E-state index is -4.55. The lowest BCUT2D eigenvalue weighted by molar-refractivity contribution is -0.214. The second-order valence-electron chi connectivity index (χ2n) is 4.89. The van der Waals surface area contributed by atoms with Crippen LogP contribution in [-0.2, 0) is 4.79 Å². The van der Waals surface area contributed by atoms with Gasteiger partial charge in [0.25, 0.3) is 0 Å². The Kier molecular flexibility index (Phi) is 4.04. The molecule has 0 aliphatic carbocycles. The summed E-state index contributed by atoms with van der Waals surface area (Å²) in [7, 11) is 0. The Morgan fingerprint density at radius 1 is 1.35 bits per heavy atom. The highest BCUT2D eigenvalue weighted by atomic mass is 19.4. The van der Waals surface area contributed by atoms with E-state index >= 15 is 0 Å². The van der Waals surface area contributed by atoms with Crippen LogP contribution in [0.4, 0.5) is 18.9 Å². The van der Waals surface area contributed by atoms with E-state index in [1.807, 2.05) is 0 Å². The number of benzene rings is 1. The number of nitrogens with one attached hydrogen (secondary N) is 1. The van der Waals surface area contributed by atoms with E-state index in [-0.39, 0.29) is 26.1 Å². The van der Waals surface area contributed by atoms with Crippen LogP contribution in [0.2, 0.25) is 0 Å². The van der Waals surface area contributed by atoms with Gasteiger partial charge in [0.1, 0.15) is 0 Å². The molecule has 1 amide bonds. The third kappa shape index (κ3) is 2.40. The Labute approximate surface area is 115 Å². The van der Waals surface area contributed by atoms with Gasteiger partial charge in [-0.1, -0.05) is 18.2 Å². The highest BCUT2D eigenvalue weighted by molar-refractivity contribution is 5.98. The molecule has 1 saturated heterocycles. The van der Waals surface area contributed by atoms with Gasteiger partial charge in [-0.2, -0.15) is 13.2 Å². The molecule has 1 aliphatic rings. The zero-order chi connectivity index (χ0) is 14.8. The van der Waals surface area contributed by atoms with Crippen molar-refractivity contribution in [2.24, 2.45) is 5.41 Å². The molecule has 0 aromatic heterocycles. The first kappa shape index (κ1) is 14.8. The van der Waals surface area contributed by atoms with E-state index in [4.69, 9.17) is 0 Å². The molecule has 1 N–H and O–H groups in total. The Morgan fingerprint density at radius 3 is 2.45 bits per heavy atom. The molecule has 110 valence electrons. The molecule has 2 rings (SSSR count). The van der Waals surface area contributed by atoms with Crippen LogP contribution < -0.4 is 10.2 Å². The van der Waals surface area contributed by atoms with Gasteiger partial charge in [0, 0.05) is 18.8 Å². The van der Waals surface area contributed by atoms with Gasteiger partial charge in [-0.15, -0.1) is 0 Å². The van der Waals surface area contributed by atoms with Gasteiger partial charge >= 0.3 is 6.18 Å². The lowest BCUT2D eigenvalue weighted by atomic mass is 9.84. The molecule has 3 nitrogen and oxygen atoms in total. The SMILES string of the molecule is CCN(C(=O)C1(C(F)(F)F)CCNC1)c1ccccc1. The van der Waals surface area contributed by atoms with Crippen molar-refractivity contribution in [1.82, 2.24) is 5.32 Å². The first-order valence-electron chi connectivity index (χ1n) is 6.57. The Hall–Kier alpha value is -1.56. The highest BCUT2D eigenvalue weighted by Gasteiger charge is 2.62. The lowest BCUT2D eigenvalue weighted by Gasteiger charge is -2.34. The maximum absolute atomic E-state index is 13.4. The molecule has 6 heteroatoms. The summed E-state index contributed by atoms with van der Waals surface area (Å²) in [6.07, 6.45) is -4.76. The summed E-state index contributed by atoms with van der Waals surface area (Å²) in [5.41, 5.74) is -1.81. The van der Waals surface area contributed by atoms with Crippen molar-refractivity contribution in [3.8, 4) is 0 Å². The largest absolute Gasteiger partial charge is 0.404 e. The fourth-order valence-corrected chi connectivity index (χ4v) is 2.55. The summed E-state index contributed by atoms with van der Waals surface area (Å²) in [5, 5.41) is 2.66. The van der Waals surface area contributed by atoms with E-state index in [0.717, 1.165) is 0 Å². The molecule has 1 aliphatic heterocycles. The Balaban J connectivity index is 2.37. The van der Waals surface area contributed by atoms with Gasteiger partial charge in [0.2, 0.25) is 5.91 Å². The fourth-order valence-electron chi connectivity index (χ4n) is 2.55. The maximum Gasteiger partial charge on any atom is 0.404 e. The third-order valence-corrected chi connectivity index (χ3v) is 3.74. The number of para-hydroxylation sites is 1. The molecule has 1 heterocycles. The van der Waals surface area contributed by atoms with Crippen LogP contribution >= 0.6 is 0 Å². The summed E-state index contributed by atoms with van der Waals surface area (Å²) >= 11 is 0. The minimum Gasteiger partial charge on any atom is -0.315 e. The molecular weight excluding hydrogens is 269 g/mol.